The number of halogens is 1. The number of urea groups is 1. The fraction of sp³-hybridized carbons (Fsp3) is 0.367. The molecule has 0 spiro atoms. The Kier molecular flexibility index (Phi) is 9.09. The van der Waals surface area contributed by atoms with Crippen LogP contribution in [-0.2, 0) is 9.53 Å². The molecule has 2 atom stereocenters. The van der Waals surface area contributed by atoms with Gasteiger partial charge in [0.2, 0.25) is 0 Å². The molecule has 0 bridgehead atoms. The number of hydrogen-bond donors (Lipinski definition) is 1. The summed E-state index contributed by atoms with van der Waals surface area (Å²) < 4.78 is 5.48. The van der Waals surface area contributed by atoms with Crippen LogP contribution in [0.4, 0.5) is 4.79 Å². The molecule has 206 valence electrons. The van der Waals surface area contributed by atoms with Crippen molar-refractivity contribution in [1.29, 1.82) is 0 Å². The quantitative estimate of drug-likeness (QED) is 0.385. The van der Waals surface area contributed by atoms with Crippen LogP contribution in [0.3, 0.4) is 0 Å². The van der Waals surface area contributed by atoms with Crippen LogP contribution < -0.4 is 5.32 Å². The van der Waals surface area contributed by atoms with Crippen molar-refractivity contribution in [2.45, 2.75) is 32.9 Å². The van der Waals surface area contributed by atoms with Gasteiger partial charge >= 0.3 is 12.0 Å². The van der Waals surface area contributed by atoms with E-state index in [-0.39, 0.29) is 31.1 Å². The maximum absolute atomic E-state index is 13.4. The Morgan fingerprint density at radius 2 is 1.82 bits per heavy atom. The van der Waals surface area contributed by atoms with Crippen LogP contribution in [0.25, 0.3) is 0 Å². The lowest BCUT2D eigenvalue weighted by molar-refractivity contribution is -0.139. The van der Waals surface area contributed by atoms with Crippen LogP contribution in [0.1, 0.15) is 41.4 Å². The van der Waals surface area contributed by atoms with Gasteiger partial charge in [-0.05, 0) is 50.6 Å². The Bertz CT molecular complexity index is 1260. The highest BCUT2D eigenvalue weighted by Crippen LogP contribution is 2.33. The van der Waals surface area contributed by atoms with Crippen molar-refractivity contribution in [1.82, 2.24) is 20.0 Å². The van der Waals surface area contributed by atoms with Crippen molar-refractivity contribution >= 4 is 29.5 Å². The summed E-state index contributed by atoms with van der Waals surface area (Å²) in [5, 5.41) is 3.58. The van der Waals surface area contributed by atoms with E-state index in [4.69, 9.17) is 16.3 Å². The molecule has 1 N–H and O–H groups in total. The summed E-state index contributed by atoms with van der Waals surface area (Å²) in [5.74, 6) is -0.508. The average Bonchev–Trinajstić information content (AvgIpc) is 2.91. The average molecular weight is 551 g/mol. The molecule has 0 radical (unpaired) electrons. The first-order valence-corrected chi connectivity index (χ1v) is 13.6. The van der Waals surface area contributed by atoms with Crippen LogP contribution in [0.2, 0.25) is 5.02 Å². The molecule has 2 aliphatic rings. The highest BCUT2D eigenvalue weighted by molar-refractivity contribution is 6.30. The Morgan fingerprint density at radius 1 is 1.13 bits per heavy atom. The zero-order valence-corrected chi connectivity index (χ0v) is 23.4. The number of benzene rings is 2. The summed E-state index contributed by atoms with van der Waals surface area (Å²) in [5.41, 5.74) is 3.48. The lowest BCUT2D eigenvalue weighted by Gasteiger charge is -2.43. The molecule has 0 aromatic heterocycles. The first-order chi connectivity index (χ1) is 18.7. The van der Waals surface area contributed by atoms with Gasteiger partial charge in [0.15, 0.2) is 0 Å². The van der Waals surface area contributed by atoms with Crippen molar-refractivity contribution in [2.24, 2.45) is 0 Å². The maximum atomic E-state index is 13.4. The van der Waals surface area contributed by atoms with Gasteiger partial charge in [-0.15, -0.1) is 6.58 Å². The number of esters is 1. The number of amides is 3. The predicted molar refractivity (Wildman–Crippen MR) is 151 cm³/mol. The summed E-state index contributed by atoms with van der Waals surface area (Å²) in [6, 6.07) is 13.6. The second kappa shape index (κ2) is 12.5. The van der Waals surface area contributed by atoms with Gasteiger partial charge in [0.25, 0.3) is 5.91 Å². The SMILES string of the molecule is C=CCN1C(=O)NC(c2ccc(C)cc2)C(C(=O)OCC)=C1CN1CCN(C(=O)c2ccc(Cl)cc2)C(C)C1. The number of carbonyl (C=O) groups excluding carboxylic acids is 3. The summed E-state index contributed by atoms with van der Waals surface area (Å²) in [7, 11) is 0. The molecule has 2 aromatic carbocycles. The Hall–Kier alpha value is -3.62. The Labute approximate surface area is 234 Å². The number of nitrogens with one attached hydrogen (secondary N) is 1. The van der Waals surface area contributed by atoms with Crippen LogP contribution >= 0.6 is 11.6 Å². The number of piperazine rings is 1. The second-order valence-electron chi connectivity index (χ2n) is 9.86. The van der Waals surface area contributed by atoms with E-state index in [0.29, 0.717) is 48.0 Å². The number of hydrogen-bond acceptors (Lipinski definition) is 5. The predicted octanol–water partition coefficient (Wildman–Crippen LogP) is 4.56. The van der Waals surface area contributed by atoms with E-state index in [0.717, 1.165) is 11.1 Å². The van der Waals surface area contributed by atoms with Gasteiger partial charge in [-0.3, -0.25) is 14.6 Å². The molecule has 9 heteroatoms. The largest absolute Gasteiger partial charge is 0.463 e. The first kappa shape index (κ1) is 28.4. The van der Waals surface area contributed by atoms with Crippen molar-refractivity contribution in [3.8, 4) is 0 Å². The molecule has 0 saturated carbocycles. The van der Waals surface area contributed by atoms with Gasteiger partial charge in [-0.2, -0.15) is 0 Å². The fourth-order valence-electron chi connectivity index (χ4n) is 5.10. The third-order valence-electron chi connectivity index (χ3n) is 7.09. The summed E-state index contributed by atoms with van der Waals surface area (Å²) in [6.07, 6.45) is 1.64. The van der Waals surface area contributed by atoms with Crippen molar-refractivity contribution < 1.29 is 19.1 Å². The lowest BCUT2D eigenvalue weighted by atomic mass is 9.93. The molecule has 3 amide bonds. The van der Waals surface area contributed by atoms with E-state index in [9.17, 15) is 14.4 Å². The molecule has 1 saturated heterocycles. The van der Waals surface area contributed by atoms with E-state index in [1.807, 2.05) is 43.0 Å². The third-order valence-corrected chi connectivity index (χ3v) is 7.35. The van der Waals surface area contributed by atoms with E-state index < -0.39 is 12.0 Å². The van der Waals surface area contributed by atoms with Crippen molar-refractivity contribution in [2.75, 3.05) is 39.3 Å². The summed E-state index contributed by atoms with van der Waals surface area (Å²) >= 11 is 5.99. The van der Waals surface area contributed by atoms with Gasteiger partial charge in [-0.25, -0.2) is 9.59 Å². The molecule has 8 nitrogen and oxygen atoms in total. The number of rotatable bonds is 8. The topological polar surface area (TPSA) is 82.2 Å². The summed E-state index contributed by atoms with van der Waals surface area (Å²) in [4.78, 5) is 45.4. The lowest BCUT2D eigenvalue weighted by Crippen LogP contribution is -2.56. The van der Waals surface area contributed by atoms with Crippen LogP contribution in [0.15, 0.2) is 72.5 Å². The molecule has 1 fully saturated rings. The third kappa shape index (κ3) is 6.34. The van der Waals surface area contributed by atoms with E-state index in [2.05, 4.69) is 16.8 Å². The monoisotopic (exact) mass is 550 g/mol. The normalized spacial score (nSPS) is 20.1. The first-order valence-electron chi connectivity index (χ1n) is 13.2. The van der Waals surface area contributed by atoms with Crippen molar-refractivity contribution in [3.05, 3.63) is 94.2 Å². The van der Waals surface area contributed by atoms with E-state index in [1.165, 1.54) is 0 Å². The van der Waals surface area contributed by atoms with Gasteiger partial charge in [-0.1, -0.05) is 47.5 Å². The van der Waals surface area contributed by atoms with Gasteiger partial charge in [0.1, 0.15) is 0 Å². The van der Waals surface area contributed by atoms with Crippen LogP contribution in [0.5, 0.6) is 0 Å². The molecule has 0 aliphatic carbocycles. The second-order valence-corrected chi connectivity index (χ2v) is 10.3. The zero-order chi connectivity index (χ0) is 28.1. The van der Waals surface area contributed by atoms with E-state index >= 15 is 0 Å². The number of nitrogens with zero attached hydrogens (tertiary/aromatic N) is 3. The maximum Gasteiger partial charge on any atom is 0.338 e. The molecule has 4 rings (SSSR count). The van der Waals surface area contributed by atoms with E-state index in [1.54, 1.807) is 42.2 Å². The molecule has 2 unspecified atom stereocenters. The van der Waals surface area contributed by atoms with Crippen LogP contribution in [0, 0.1) is 6.92 Å². The minimum atomic E-state index is -0.640. The number of ether oxygens (including phenoxy) is 1. The molecule has 2 heterocycles. The Balaban J connectivity index is 1.64. The smallest absolute Gasteiger partial charge is 0.338 e. The fourth-order valence-corrected chi connectivity index (χ4v) is 5.23. The molecular formula is C30H35ClN4O4. The van der Waals surface area contributed by atoms with Crippen molar-refractivity contribution in [3.63, 3.8) is 0 Å². The van der Waals surface area contributed by atoms with Crippen LogP contribution in [-0.4, -0.2) is 78.0 Å². The highest BCUT2D eigenvalue weighted by atomic mass is 35.5. The number of aryl methyl sites for hydroxylation is 1. The molecule has 39 heavy (non-hydrogen) atoms. The molecule has 2 aliphatic heterocycles. The van der Waals surface area contributed by atoms with Gasteiger partial charge in [0, 0.05) is 55.0 Å². The molecule has 2 aromatic rings. The summed E-state index contributed by atoms with van der Waals surface area (Å²) in [6.45, 7) is 12.1. The highest BCUT2D eigenvalue weighted by Gasteiger charge is 2.39. The number of carbonyl (C=O) groups is 3. The van der Waals surface area contributed by atoms with Gasteiger partial charge in [0.05, 0.1) is 18.2 Å². The minimum Gasteiger partial charge on any atom is -0.463 e. The minimum absolute atomic E-state index is 0.0463. The standard InChI is InChI=1S/C30H35ClN4O4/c1-5-15-35-25(19-33-16-17-34(21(4)18-33)28(36)23-11-13-24(31)14-12-23)26(29(37)39-6-2)27(32-30(35)38)22-9-7-20(3)8-10-22/h5,7-14,21,27H,1,6,15-19H2,2-4H3,(H,32,38). The zero-order valence-electron chi connectivity index (χ0n) is 22.7. The molecular weight excluding hydrogens is 516 g/mol. The van der Waals surface area contributed by atoms with Gasteiger partial charge < -0.3 is 15.0 Å². The Morgan fingerprint density at radius 3 is 2.44 bits per heavy atom.